The van der Waals surface area contributed by atoms with E-state index in [4.69, 9.17) is 0 Å². The van der Waals surface area contributed by atoms with Crippen LogP contribution in [0.4, 0.5) is 4.39 Å². The van der Waals surface area contributed by atoms with Gasteiger partial charge in [0, 0.05) is 16.6 Å². The van der Waals surface area contributed by atoms with Crippen LogP contribution in [0.25, 0.3) is 0 Å². The van der Waals surface area contributed by atoms with E-state index in [1.807, 2.05) is 7.05 Å². The molecule has 4 heteroatoms. The molecule has 1 aromatic carbocycles. The average Bonchev–Trinajstić information content (AvgIpc) is 2.23. The van der Waals surface area contributed by atoms with Gasteiger partial charge in [0.1, 0.15) is 5.82 Å². The van der Waals surface area contributed by atoms with Crippen molar-refractivity contribution >= 4 is 15.9 Å². The van der Waals surface area contributed by atoms with Gasteiger partial charge < -0.3 is 10.6 Å². The largest absolute Gasteiger partial charge is 0.320 e. The molecule has 0 aliphatic rings. The highest BCUT2D eigenvalue weighted by atomic mass is 79.9. The third kappa shape index (κ3) is 4.73. The molecule has 0 aliphatic heterocycles. The molecule has 2 nitrogen and oxygen atoms in total. The lowest BCUT2D eigenvalue weighted by atomic mass is 10.2. The highest BCUT2D eigenvalue weighted by Gasteiger charge is 2.01. The molecule has 0 atom stereocenters. The molecule has 0 radical (unpaired) electrons. The number of hydrogen-bond donors (Lipinski definition) is 2. The van der Waals surface area contributed by atoms with Crippen LogP contribution in [0.5, 0.6) is 0 Å². The van der Waals surface area contributed by atoms with Crippen molar-refractivity contribution in [3.63, 3.8) is 0 Å². The van der Waals surface area contributed by atoms with E-state index in [0.717, 1.165) is 24.0 Å². The van der Waals surface area contributed by atoms with E-state index in [1.165, 1.54) is 6.07 Å². The van der Waals surface area contributed by atoms with Crippen LogP contribution in [0.1, 0.15) is 12.0 Å². The van der Waals surface area contributed by atoms with Gasteiger partial charge in [-0.2, -0.15) is 0 Å². The molecule has 1 aromatic rings. The molecule has 15 heavy (non-hydrogen) atoms. The van der Waals surface area contributed by atoms with E-state index in [-0.39, 0.29) is 5.82 Å². The van der Waals surface area contributed by atoms with Gasteiger partial charge in [0.25, 0.3) is 0 Å². The van der Waals surface area contributed by atoms with E-state index < -0.39 is 0 Å². The number of benzene rings is 1. The molecule has 0 spiro atoms. The van der Waals surface area contributed by atoms with Crippen LogP contribution in [0.2, 0.25) is 0 Å². The van der Waals surface area contributed by atoms with E-state index in [2.05, 4.69) is 26.6 Å². The number of rotatable bonds is 6. The number of nitrogens with one attached hydrogen (secondary N) is 2. The van der Waals surface area contributed by atoms with Gasteiger partial charge in [-0.15, -0.1) is 0 Å². The topological polar surface area (TPSA) is 24.1 Å². The summed E-state index contributed by atoms with van der Waals surface area (Å²) in [6, 6.07) is 4.99. The van der Waals surface area contributed by atoms with Crippen molar-refractivity contribution in [1.29, 1.82) is 0 Å². The van der Waals surface area contributed by atoms with E-state index in [0.29, 0.717) is 12.1 Å². The zero-order valence-electron chi connectivity index (χ0n) is 8.82. The quantitative estimate of drug-likeness (QED) is 0.778. The first-order chi connectivity index (χ1) is 7.24. The summed E-state index contributed by atoms with van der Waals surface area (Å²) in [5.41, 5.74) is 0.703. The summed E-state index contributed by atoms with van der Waals surface area (Å²) in [6.07, 6.45) is 1.05. The zero-order valence-corrected chi connectivity index (χ0v) is 10.4. The minimum absolute atomic E-state index is 0.153. The second-order valence-corrected chi connectivity index (χ2v) is 4.29. The van der Waals surface area contributed by atoms with E-state index in [1.54, 1.807) is 12.1 Å². The lowest BCUT2D eigenvalue weighted by Gasteiger charge is -2.06. The Morgan fingerprint density at radius 2 is 2.13 bits per heavy atom. The third-order valence-electron chi connectivity index (χ3n) is 2.10. The Bertz CT molecular complexity index is 305. The monoisotopic (exact) mass is 274 g/mol. The van der Waals surface area contributed by atoms with Crippen molar-refractivity contribution in [3.8, 4) is 0 Å². The highest BCUT2D eigenvalue weighted by molar-refractivity contribution is 9.10. The fraction of sp³-hybridized carbons (Fsp3) is 0.455. The fourth-order valence-corrected chi connectivity index (χ4v) is 1.70. The SMILES string of the molecule is CNCCCNCc1cc(Br)ccc1F. The Labute approximate surface area is 98.4 Å². The van der Waals surface area contributed by atoms with Crippen molar-refractivity contribution < 1.29 is 4.39 Å². The molecule has 0 aromatic heterocycles. The molecule has 84 valence electrons. The summed E-state index contributed by atoms with van der Waals surface area (Å²) in [4.78, 5) is 0. The van der Waals surface area contributed by atoms with Gasteiger partial charge in [-0.3, -0.25) is 0 Å². The van der Waals surface area contributed by atoms with Crippen LogP contribution >= 0.6 is 15.9 Å². The maximum absolute atomic E-state index is 13.3. The van der Waals surface area contributed by atoms with Gasteiger partial charge in [-0.1, -0.05) is 15.9 Å². The van der Waals surface area contributed by atoms with Gasteiger partial charge in [-0.05, 0) is 44.8 Å². The lowest BCUT2D eigenvalue weighted by Crippen LogP contribution is -2.19. The zero-order chi connectivity index (χ0) is 11.1. The van der Waals surface area contributed by atoms with Crippen molar-refractivity contribution in [2.75, 3.05) is 20.1 Å². The summed E-state index contributed by atoms with van der Waals surface area (Å²) >= 11 is 3.33. The van der Waals surface area contributed by atoms with Crippen LogP contribution < -0.4 is 10.6 Å². The summed E-state index contributed by atoms with van der Waals surface area (Å²) in [6.45, 7) is 2.45. The minimum Gasteiger partial charge on any atom is -0.320 e. The Morgan fingerprint density at radius 1 is 1.33 bits per heavy atom. The van der Waals surface area contributed by atoms with Gasteiger partial charge in [-0.25, -0.2) is 4.39 Å². The van der Waals surface area contributed by atoms with Gasteiger partial charge >= 0.3 is 0 Å². The van der Waals surface area contributed by atoms with Crippen molar-refractivity contribution in [3.05, 3.63) is 34.1 Å². The highest BCUT2D eigenvalue weighted by Crippen LogP contribution is 2.15. The van der Waals surface area contributed by atoms with Gasteiger partial charge in [0.05, 0.1) is 0 Å². The molecule has 0 saturated heterocycles. The first kappa shape index (κ1) is 12.6. The molecule has 0 unspecified atom stereocenters. The molecule has 2 N–H and O–H groups in total. The fourth-order valence-electron chi connectivity index (χ4n) is 1.29. The van der Waals surface area contributed by atoms with Crippen molar-refractivity contribution in [2.24, 2.45) is 0 Å². The van der Waals surface area contributed by atoms with Crippen molar-refractivity contribution in [2.45, 2.75) is 13.0 Å². The third-order valence-corrected chi connectivity index (χ3v) is 2.60. The molecule has 0 bridgehead atoms. The Hall–Kier alpha value is -0.450. The van der Waals surface area contributed by atoms with Gasteiger partial charge in [0.15, 0.2) is 0 Å². The maximum Gasteiger partial charge on any atom is 0.127 e. The van der Waals surface area contributed by atoms with Crippen LogP contribution in [0.3, 0.4) is 0 Å². The predicted molar refractivity (Wildman–Crippen MR) is 64.4 cm³/mol. The molecule has 0 aliphatic carbocycles. The molecule has 0 fully saturated rings. The second-order valence-electron chi connectivity index (χ2n) is 3.37. The first-order valence-corrected chi connectivity index (χ1v) is 5.82. The molecule has 0 saturated carbocycles. The van der Waals surface area contributed by atoms with Crippen LogP contribution in [0, 0.1) is 5.82 Å². The van der Waals surface area contributed by atoms with Crippen molar-refractivity contribution in [1.82, 2.24) is 10.6 Å². The molecular formula is C11H16BrFN2. The first-order valence-electron chi connectivity index (χ1n) is 5.03. The molecule has 1 rings (SSSR count). The lowest BCUT2D eigenvalue weighted by molar-refractivity contribution is 0.576. The Balaban J connectivity index is 2.33. The standard InChI is InChI=1S/C11H16BrFN2/c1-14-5-2-6-15-8-9-7-10(12)3-4-11(9)13/h3-4,7,14-15H,2,5-6,8H2,1H3. The van der Waals surface area contributed by atoms with Crippen LogP contribution in [0.15, 0.2) is 22.7 Å². The molecule has 0 heterocycles. The van der Waals surface area contributed by atoms with Gasteiger partial charge in [0.2, 0.25) is 0 Å². The van der Waals surface area contributed by atoms with Crippen LogP contribution in [-0.2, 0) is 6.54 Å². The second kappa shape index (κ2) is 6.93. The summed E-state index contributed by atoms with van der Waals surface area (Å²) < 4.78 is 14.2. The summed E-state index contributed by atoms with van der Waals surface area (Å²) in [5, 5.41) is 6.27. The molecular weight excluding hydrogens is 259 g/mol. The predicted octanol–water partition coefficient (Wildman–Crippen LogP) is 2.29. The number of hydrogen-bond acceptors (Lipinski definition) is 2. The summed E-state index contributed by atoms with van der Waals surface area (Å²) in [7, 11) is 1.92. The Kier molecular flexibility index (Phi) is 5.83. The van der Waals surface area contributed by atoms with E-state index in [9.17, 15) is 4.39 Å². The maximum atomic E-state index is 13.3. The van der Waals surface area contributed by atoms with Crippen LogP contribution in [-0.4, -0.2) is 20.1 Å². The number of halogens is 2. The molecule has 0 amide bonds. The normalized spacial score (nSPS) is 10.6. The minimum atomic E-state index is -0.153. The average molecular weight is 275 g/mol. The van der Waals surface area contributed by atoms with E-state index >= 15 is 0 Å². The smallest absolute Gasteiger partial charge is 0.127 e. The Morgan fingerprint density at radius 3 is 2.87 bits per heavy atom. The summed E-state index contributed by atoms with van der Waals surface area (Å²) in [5.74, 6) is -0.153.